The highest BCUT2D eigenvalue weighted by atomic mass is 16.6. The summed E-state index contributed by atoms with van der Waals surface area (Å²) in [6.07, 6.45) is 1.49. The fraction of sp³-hybridized carbons (Fsp3) is 0.333. The van der Waals surface area contributed by atoms with Crippen molar-refractivity contribution in [2.24, 2.45) is 0 Å². The van der Waals surface area contributed by atoms with Gasteiger partial charge in [0, 0.05) is 18.7 Å². The van der Waals surface area contributed by atoms with Gasteiger partial charge in [0.2, 0.25) is 0 Å². The fourth-order valence-electron chi connectivity index (χ4n) is 2.61. The summed E-state index contributed by atoms with van der Waals surface area (Å²) in [5.41, 5.74) is 0.128. The minimum atomic E-state index is -0.546. The SMILES string of the molecule is O=C1[C@@H]2CCCN2C(=O)N1c1cccc([N+](=O)[O-])c1. The van der Waals surface area contributed by atoms with Gasteiger partial charge in [-0.25, -0.2) is 9.69 Å². The summed E-state index contributed by atoms with van der Waals surface area (Å²) in [7, 11) is 0. The van der Waals surface area contributed by atoms with Crippen LogP contribution in [0.15, 0.2) is 24.3 Å². The molecule has 19 heavy (non-hydrogen) atoms. The molecule has 0 bridgehead atoms. The van der Waals surface area contributed by atoms with E-state index in [-0.39, 0.29) is 23.3 Å². The van der Waals surface area contributed by atoms with E-state index >= 15 is 0 Å². The van der Waals surface area contributed by atoms with E-state index in [1.54, 1.807) is 0 Å². The maximum Gasteiger partial charge on any atom is 0.332 e. The number of anilines is 1. The highest BCUT2D eigenvalue weighted by Gasteiger charge is 2.48. The Hall–Kier alpha value is -2.44. The average Bonchev–Trinajstić information content (AvgIpc) is 2.95. The standard InChI is InChI=1S/C12H11N3O4/c16-11-10-5-2-6-13(10)12(17)14(11)8-3-1-4-9(7-8)15(18)19/h1,3-4,7,10H,2,5-6H2/t10-/m0/s1. The lowest BCUT2D eigenvalue weighted by Crippen LogP contribution is -2.33. The molecule has 2 fully saturated rings. The highest BCUT2D eigenvalue weighted by molar-refractivity contribution is 6.21. The molecule has 0 N–H and O–H groups in total. The van der Waals surface area contributed by atoms with E-state index in [0.717, 1.165) is 11.3 Å². The number of rotatable bonds is 2. The van der Waals surface area contributed by atoms with Crippen molar-refractivity contribution in [3.05, 3.63) is 34.4 Å². The second-order valence-corrected chi connectivity index (χ2v) is 4.58. The lowest BCUT2D eigenvalue weighted by atomic mass is 10.2. The molecular weight excluding hydrogens is 250 g/mol. The third kappa shape index (κ3) is 1.66. The number of non-ortho nitro benzene ring substituents is 1. The monoisotopic (exact) mass is 261 g/mol. The summed E-state index contributed by atoms with van der Waals surface area (Å²) in [6.45, 7) is 0.570. The van der Waals surface area contributed by atoms with Gasteiger partial charge in [0.05, 0.1) is 10.6 Å². The van der Waals surface area contributed by atoms with Crippen molar-refractivity contribution in [1.29, 1.82) is 0 Å². The van der Waals surface area contributed by atoms with Crippen molar-refractivity contribution in [3.63, 3.8) is 0 Å². The maximum absolute atomic E-state index is 12.2. The Labute approximate surface area is 108 Å². The summed E-state index contributed by atoms with van der Waals surface area (Å²) in [6, 6.07) is 4.80. The van der Waals surface area contributed by atoms with Crippen LogP contribution < -0.4 is 4.90 Å². The minimum absolute atomic E-state index is 0.134. The van der Waals surface area contributed by atoms with Crippen LogP contribution >= 0.6 is 0 Å². The molecule has 0 aromatic heterocycles. The number of hydrogen-bond acceptors (Lipinski definition) is 4. The molecule has 0 saturated carbocycles. The van der Waals surface area contributed by atoms with Gasteiger partial charge in [-0.3, -0.25) is 14.9 Å². The van der Waals surface area contributed by atoms with Crippen LogP contribution in [0, 0.1) is 10.1 Å². The molecule has 2 aliphatic heterocycles. The Morgan fingerprint density at radius 2 is 2.11 bits per heavy atom. The third-order valence-electron chi connectivity index (χ3n) is 3.49. The number of urea groups is 1. The van der Waals surface area contributed by atoms with Crippen molar-refractivity contribution in [2.75, 3.05) is 11.4 Å². The predicted octanol–water partition coefficient (Wildman–Crippen LogP) is 1.53. The summed E-state index contributed by atoms with van der Waals surface area (Å²) < 4.78 is 0. The van der Waals surface area contributed by atoms with Gasteiger partial charge in [0.1, 0.15) is 6.04 Å². The van der Waals surface area contributed by atoms with E-state index in [9.17, 15) is 19.7 Å². The normalized spacial score (nSPS) is 22.0. The van der Waals surface area contributed by atoms with Crippen molar-refractivity contribution in [2.45, 2.75) is 18.9 Å². The van der Waals surface area contributed by atoms with E-state index in [0.29, 0.717) is 13.0 Å². The number of fused-ring (bicyclic) bond motifs is 1. The van der Waals surface area contributed by atoms with Crippen LogP contribution in [0.4, 0.5) is 16.2 Å². The second-order valence-electron chi connectivity index (χ2n) is 4.58. The summed E-state index contributed by atoms with van der Waals surface area (Å²) in [5.74, 6) is -0.289. The number of nitro groups is 1. The molecular formula is C12H11N3O4. The van der Waals surface area contributed by atoms with E-state index in [1.807, 2.05) is 0 Å². The number of carbonyl (C=O) groups excluding carboxylic acids is 2. The van der Waals surface area contributed by atoms with Crippen molar-refractivity contribution in [3.8, 4) is 0 Å². The molecule has 7 nitrogen and oxygen atoms in total. The zero-order chi connectivity index (χ0) is 13.6. The van der Waals surface area contributed by atoms with Gasteiger partial charge in [-0.15, -0.1) is 0 Å². The molecule has 7 heteroatoms. The first-order valence-corrected chi connectivity index (χ1v) is 5.98. The molecule has 0 unspecified atom stereocenters. The molecule has 0 radical (unpaired) electrons. The molecule has 2 saturated heterocycles. The number of carbonyl (C=O) groups is 2. The first-order valence-electron chi connectivity index (χ1n) is 5.98. The zero-order valence-electron chi connectivity index (χ0n) is 9.98. The molecule has 98 valence electrons. The molecule has 0 aliphatic carbocycles. The third-order valence-corrected chi connectivity index (χ3v) is 3.49. The van der Waals surface area contributed by atoms with Gasteiger partial charge in [-0.05, 0) is 18.9 Å². The van der Waals surface area contributed by atoms with Gasteiger partial charge in [-0.1, -0.05) is 6.07 Å². The molecule has 1 atom stereocenters. The Morgan fingerprint density at radius 3 is 2.79 bits per heavy atom. The molecule has 3 rings (SSSR count). The van der Waals surface area contributed by atoms with Gasteiger partial charge >= 0.3 is 6.03 Å². The molecule has 1 aromatic rings. The van der Waals surface area contributed by atoms with Gasteiger partial charge < -0.3 is 4.90 Å². The Morgan fingerprint density at radius 1 is 1.32 bits per heavy atom. The van der Waals surface area contributed by atoms with Gasteiger partial charge in [0.25, 0.3) is 11.6 Å². The van der Waals surface area contributed by atoms with Crippen LogP contribution in [-0.2, 0) is 4.79 Å². The number of imide groups is 1. The predicted molar refractivity (Wildman–Crippen MR) is 65.7 cm³/mol. The fourth-order valence-corrected chi connectivity index (χ4v) is 2.61. The van der Waals surface area contributed by atoms with Crippen LogP contribution in [0.1, 0.15) is 12.8 Å². The number of hydrogen-bond donors (Lipinski definition) is 0. The minimum Gasteiger partial charge on any atom is -0.312 e. The molecule has 2 aliphatic rings. The van der Waals surface area contributed by atoms with Crippen molar-refractivity contribution >= 4 is 23.3 Å². The van der Waals surface area contributed by atoms with Crippen molar-refractivity contribution < 1.29 is 14.5 Å². The first kappa shape index (κ1) is 11.6. The van der Waals surface area contributed by atoms with E-state index in [4.69, 9.17) is 0 Å². The number of amides is 3. The Balaban J connectivity index is 1.98. The first-order chi connectivity index (χ1) is 9.09. The number of nitro benzene ring substituents is 1. The highest BCUT2D eigenvalue weighted by Crippen LogP contribution is 2.32. The van der Waals surface area contributed by atoms with Gasteiger partial charge in [0.15, 0.2) is 0 Å². The Bertz CT molecular complexity index is 564. The van der Waals surface area contributed by atoms with E-state index < -0.39 is 11.0 Å². The number of benzene rings is 1. The van der Waals surface area contributed by atoms with Crippen LogP contribution in [0.3, 0.4) is 0 Å². The smallest absolute Gasteiger partial charge is 0.312 e. The zero-order valence-corrected chi connectivity index (χ0v) is 9.98. The Kier molecular flexibility index (Phi) is 2.48. The summed E-state index contributed by atoms with van der Waals surface area (Å²) in [4.78, 5) is 37.1. The average molecular weight is 261 g/mol. The van der Waals surface area contributed by atoms with E-state index in [2.05, 4.69) is 0 Å². The summed E-state index contributed by atoms with van der Waals surface area (Å²) >= 11 is 0. The second kappa shape index (κ2) is 4.04. The molecule has 2 heterocycles. The maximum atomic E-state index is 12.2. The lowest BCUT2D eigenvalue weighted by Gasteiger charge is -2.15. The van der Waals surface area contributed by atoms with Gasteiger partial charge in [-0.2, -0.15) is 0 Å². The molecule has 3 amide bonds. The largest absolute Gasteiger partial charge is 0.332 e. The van der Waals surface area contributed by atoms with Crippen LogP contribution in [0.25, 0.3) is 0 Å². The van der Waals surface area contributed by atoms with Crippen LogP contribution in [0.2, 0.25) is 0 Å². The van der Waals surface area contributed by atoms with Crippen molar-refractivity contribution in [1.82, 2.24) is 4.90 Å². The van der Waals surface area contributed by atoms with Crippen LogP contribution in [-0.4, -0.2) is 34.3 Å². The summed E-state index contributed by atoms with van der Waals surface area (Å²) in [5, 5.41) is 10.7. The molecule has 0 spiro atoms. The van der Waals surface area contributed by atoms with Crippen LogP contribution in [0.5, 0.6) is 0 Å². The topological polar surface area (TPSA) is 83.8 Å². The lowest BCUT2D eigenvalue weighted by molar-refractivity contribution is -0.384. The molecule has 1 aromatic carbocycles. The number of nitrogens with zero attached hydrogens (tertiary/aromatic N) is 3. The quantitative estimate of drug-likeness (QED) is 0.459. The van der Waals surface area contributed by atoms with E-state index in [1.165, 1.54) is 29.2 Å².